The largest absolute Gasteiger partial charge is 0.378 e. The highest BCUT2D eigenvalue weighted by atomic mass is 16.5. The maximum atomic E-state index is 5.59. The molecule has 3 unspecified atom stereocenters. The Morgan fingerprint density at radius 1 is 1.35 bits per heavy atom. The van der Waals surface area contributed by atoms with E-state index >= 15 is 0 Å². The van der Waals surface area contributed by atoms with Gasteiger partial charge in [-0.2, -0.15) is 0 Å². The zero-order valence-corrected chi connectivity index (χ0v) is 10.9. The van der Waals surface area contributed by atoms with Gasteiger partial charge in [0.2, 0.25) is 0 Å². The quantitative estimate of drug-likeness (QED) is 0.861. The van der Waals surface area contributed by atoms with Gasteiger partial charge in [-0.05, 0) is 31.7 Å². The van der Waals surface area contributed by atoms with Gasteiger partial charge in [-0.1, -0.05) is 37.3 Å². The molecule has 0 aliphatic carbocycles. The third-order valence-electron chi connectivity index (χ3n) is 3.53. The first-order valence-electron chi connectivity index (χ1n) is 6.72. The minimum absolute atomic E-state index is 0.398. The standard InChI is InChI=1S/C15H23NO/c1-3-15(13-7-5-4-6-8-13)16-14-9-10-17-12(2)11-14/h4-8,12,14-16H,3,9-11H2,1-2H3. The van der Waals surface area contributed by atoms with E-state index in [0.717, 1.165) is 25.9 Å². The number of hydrogen-bond acceptors (Lipinski definition) is 2. The summed E-state index contributed by atoms with van der Waals surface area (Å²) < 4.78 is 5.59. The normalized spacial score (nSPS) is 26.7. The van der Waals surface area contributed by atoms with Crippen LogP contribution in [0.4, 0.5) is 0 Å². The first-order valence-corrected chi connectivity index (χ1v) is 6.72. The summed E-state index contributed by atoms with van der Waals surface area (Å²) in [6, 6.07) is 11.8. The number of nitrogens with one attached hydrogen (secondary N) is 1. The predicted molar refractivity (Wildman–Crippen MR) is 71.0 cm³/mol. The van der Waals surface area contributed by atoms with E-state index < -0.39 is 0 Å². The van der Waals surface area contributed by atoms with Gasteiger partial charge in [0, 0.05) is 18.7 Å². The van der Waals surface area contributed by atoms with Crippen LogP contribution in [0.25, 0.3) is 0 Å². The molecule has 94 valence electrons. The Hall–Kier alpha value is -0.860. The van der Waals surface area contributed by atoms with Crippen LogP contribution in [-0.4, -0.2) is 18.8 Å². The van der Waals surface area contributed by atoms with E-state index in [0.29, 0.717) is 18.2 Å². The minimum atomic E-state index is 0.398. The molecule has 1 aromatic rings. The molecule has 0 saturated carbocycles. The van der Waals surface area contributed by atoms with Gasteiger partial charge in [0.05, 0.1) is 6.10 Å². The lowest BCUT2D eigenvalue weighted by Crippen LogP contribution is -2.39. The third-order valence-corrected chi connectivity index (χ3v) is 3.53. The number of hydrogen-bond donors (Lipinski definition) is 1. The van der Waals surface area contributed by atoms with Gasteiger partial charge in [-0.3, -0.25) is 0 Å². The van der Waals surface area contributed by atoms with E-state index in [2.05, 4.69) is 49.5 Å². The summed E-state index contributed by atoms with van der Waals surface area (Å²) in [5.74, 6) is 0. The molecule has 1 aliphatic rings. The molecule has 0 amide bonds. The fraction of sp³-hybridized carbons (Fsp3) is 0.600. The summed E-state index contributed by atoms with van der Waals surface area (Å²) in [5.41, 5.74) is 1.40. The smallest absolute Gasteiger partial charge is 0.0561 e. The summed E-state index contributed by atoms with van der Waals surface area (Å²) in [7, 11) is 0. The number of ether oxygens (including phenoxy) is 1. The Labute approximate surface area is 104 Å². The molecule has 1 heterocycles. The first-order chi connectivity index (χ1) is 8.29. The molecule has 2 heteroatoms. The second kappa shape index (κ2) is 6.18. The number of rotatable bonds is 4. The van der Waals surface area contributed by atoms with Crippen LogP contribution in [0.3, 0.4) is 0 Å². The van der Waals surface area contributed by atoms with E-state index in [4.69, 9.17) is 4.74 Å². The van der Waals surface area contributed by atoms with Crippen LogP contribution in [0.15, 0.2) is 30.3 Å². The van der Waals surface area contributed by atoms with E-state index in [1.54, 1.807) is 0 Å². The van der Waals surface area contributed by atoms with Crippen molar-refractivity contribution in [3.63, 3.8) is 0 Å². The zero-order chi connectivity index (χ0) is 12.1. The van der Waals surface area contributed by atoms with Crippen LogP contribution in [0.5, 0.6) is 0 Å². The van der Waals surface area contributed by atoms with E-state index in [9.17, 15) is 0 Å². The minimum Gasteiger partial charge on any atom is -0.378 e. The summed E-state index contributed by atoms with van der Waals surface area (Å²) in [4.78, 5) is 0. The second-order valence-corrected chi connectivity index (χ2v) is 4.94. The summed E-state index contributed by atoms with van der Waals surface area (Å²) in [5, 5.41) is 3.77. The lowest BCUT2D eigenvalue weighted by molar-refractivity contribution is 0.0111. The first kappa shape index (κ1) is 12.6. The van der Waals surface area contributed by atoms with E-state index in [1.165, 1.54) is 5.56 Å². The van der Waals surface area contributed by atoms with Gasteiger partial charge in [-0.15, -0.1) is 0 Å². The molecule has 1 N–H and O–H groups in total. The van der Waals surface area contributed by atoms with Crippen molar-refractivity contribution in [1.82, 2.24) is 5.32 Å². The van der Waals surface area contributed by atoms with Crippen LogP contribution in [0, 0.1) is 0 Å². The van der Waals surface area contributed by atoms with Crippen LogP contribution in [0.2, 0.25) is 0 Å². The molecule has 1 aliphatic heterocycles. The van der Waals surface area contributed by atoms with Gasteiger partial charge in [0.25, 0.3) is 0 Å². The van der Waals surface area contributed by atoms with Crippen molar-refractivity contribution < 1.29 is 4.74 Å². The summed E-state index contributed by atoms with van der Waals surface area (Å²) >= 11 is 0. The van der Waals surface area contributed by atoms with Gasteiger partial charge in [0.1, 0.15) is 0 Å². The monoisotopic (exact) mass is 233 g/mol. The maximum absolute atomic E-state index is 5.59. The third kappa shape index (κ3) is 3.55. The van der Waals surface area contributed by atoms with Gasteiger partial charge in [0.15, 0.2) is 0 Å². The molecular weight excluding hydrogens is 210 g/mol. The van der Waals surface area contributed by atoms with E-state index in [1.807, 2.05) is 0 Å². The lowest BCUT2D eigenvalue weighted by atomic mass is 9.99. The molecule has 17 heavy (non-hydrogen) atoms. The average Bonchev–Trinajstić information content (AvgIpc) is 2.37. The molecule has 0 bridgehead atoms. The van der Waals surface area contributed by atoms with Crippen molar-refractivity contribution in [2.75, 3.05) is 6.61 Å². The Bertz CT molecular complexity index is 325. The Morgan fingerprint density at radius 3 is 2.76 bits per heavy atom. The van der Waals surface area contributed by atoms with Crippen LogP contribution in [-0.2, 0) is 4.74 Å². The van der Waals surface area contributed by atoms with Crippen molar-refractivity contribution in [1.29, 1.82) is 0 Å². The molecule has 3 atom stereocenters. The fourth-order valence-electron chi connectivity index (χ4n) is 2.57. The lowest BCUT2D eigenvalue weighted by Gasteiger charge is -2.31. The van der Waals surface area contributed by atoms with Crippen molar-refractivity contribution in [3.05, 3.63) is 35.9 Å². The van der Waals surface area contributed by atoms with Crippen molar-refractivity contribution in [3.8, 4) is 0 Å². The predicted octanol–water partition coefficient (Wildman–Crippen LogP) is 3.29. The molecule has 1 fully saturated rings. The van der Waals surface area contributed by atoms with Crippen molar-refractivity contribution in [2.24, 2.45) is 0 Å². The van der Waals surface area contributed by atoms with Gasteiger partial charge in [-0.25, -0.2) is 0 Å². The Balaban J connectivity index is 1.95. The second-order valence-electron chi connectivity index (χ2n) is 4.94. The molecule has 0 aromatic heterocycles. The van der Waals surface area contributed by atoms with Crippen LogP contribution < -0.4 is 5.32 Å². The SMILES string of the molecule is CCC(NC1CCOC(C)C1)c1ccccc1. The fourth-order valence-corrected chi connectivity index (χ4v) is 2.57. The average molecular weight is 233 g/mol. The zero-order valence-electron chi connectivity index (χ0n) is 10.9. The molecule has 2 nitrogen and oxygen atoms in total. The van der Waals surface area contributed by atoms with Gasteiger partial charge >= 0.3 is 0 Å². The highest BCUT2D eigenvalue weighted by molar-refractivity contribution is 5.18. The van der Waals surface area contributed by atoms with E-state index in [-0.39, 0.29) is 0 Å². The molecular formula is C15H23NO. The molecule has 0 radical (unpaired) electrons. The van der Waals surface area contributed by atoms with Crippen LogP contribution in [0.1, 0.15) is 44.7 Å². The molecule has 1 saturated heterocycles. The van der Waals surface area contributed by atoms with Crippen LogP contribution >= 0.6 is 0 Å². The topological polar surface area (TPSA) is 21.3 Å². The maximum Gasteiger partial charge on any atom is 0.0561 e. The highest BCUT2D eigenvalue weighted by Crippen LogP contribution is 2.21. The molecule has 1 aromatic carbocycles. The number of benzene rings is 1. The molecule has 0 spiro atoms. The molecule has 2 rings (SSSR count). The summed E-state index contributed by atoms with van der Waals surface area (Å²) in [6.45, 7) is 5.30. The van der Waals surface area contributed by atoms with Crippen molar-refractivity contribution in [2.45, 2.75) is 51.3 Å². The highest BCUT2D eigenvalue weighted by Gasteiger charge is 2.21. The Kier molecular flexibility index (Phi) is 4.57. The van der Waals surface area contributed by atoms with Crippen molar-refractivity contribution >= 4 is 0 Å². The van der Waals surface area contributed by atoms with Gasteiger partial charge < -0.3 is 10.1 Å². The summed E-state index contributed by atoms with van der Waals surface area (Å²) in [6.07, 6.45) is 3.79. The Morgan fingerprint density at radius 2 is 2.12 bits per heavy atom.